The van der Waals surface area contributed by atoms with Crippen LogP contribution in [0.4, 0.5) is 11.4 Å². The molecule has 0 aliphatic carbocycles. The number of piperidine rings is 1. The monoisotopic (exact) mass is 572 g/mol. The first-order valence-electron chi connectivity index (χ1n) is 14.0. The lowest BCUT2D eigenvalue weighted by Gasteiger charge is -2.37. The first kappa shape index (κ1) is 28.6. The molecule has 2 saturated heterocycles. The van der Waals surface area contributed by atoms with Crippen LogP contribution in [0.25, 0.3) is 0 Å². The minimum Gasteiger partial charge on any atom is -0.370 e. The van der Waals surface area contributed by atoms with Gasteiger partial charge in [0, 0.05) is 51.0 Å². The highest BCUT2D eigenvalue weighted by Gasteiger charge is 2.28. The number of hydrogen-bond donors (Lipinski definition) is 1. The number of nitrogens with two attached hydrogens (primary N) is 1. The SMILES string of the molecule is Cc1ccc(C(=O)N2CCN(c3cccnc3S(N)(=O)=O)CC2)c(C)c1CC1CCN(c2ccccc2C#N)CC1. The number of para-hydroxylation sites is 1. The second-order valence-corrected chi connectivity index (χ2v) is 12.4. The number of nitriles is 1. The van der Waals surface area contributed by atoms with E-state index in [2.05, 4.69) is 35.9 Å². The standard InChI is InChI=1S/C31H36N6O3S/c1-22-9-10-26(31(38)37-18-16-36(17-19-37)29-8-5-13-34-30(29)41(33,39)40)23(2)27(22)20-24-11-14-35(15-12-24)28-7-4-3-6-25(28)21-32/h3-10,13,24H,11-12,14-20H2,1-2H3,(H2,33,39,40). The van der Waals surface area contributed by atoms with Crippen LogP contribution in [0.15, 0.2) is 59.8 Å². The Hall–Kier alpha value is -3.94. The number of nitrogens with zero attached hydrogens (tertiary/aromatic N) is 5. The first-order chi connectivity index (χ1) is 19.7. The molecule has 0 radical (unpaired) electrons. The molecule has 2 N–H and O–H groups in total. The number of amides is 1. The predicted octanol–water partition coefficient (Wildman–Crippen LogP) is 3.64. The zero-order valence-electron chi connectivity index (χ0n) is 23.6. The van der Waals surface area contributed by atoms with Crippen LogP contribution >= 0.6 is 0 Å². The van der Waals surface area contributed by atoms with E-state index in [9.17, 15) is 18.5 Å². The Morgan fingerprint density at radius 3 is 2.29 bits per heavy atom. The minimum absolute atomic E-state index is 0.00388. The van der Waals surface area contributed by atoms with E-state index in [-0.39, 0.29) is 10.9 Å². The molecule has 0 saturated carbocycles. The highest BCUT2D eigenvalue weighted by molar-refractivity contribution is 7.89. The van der Waals surface area contributed by atoms with Crippen LogP contribution < -0.4 is 14.9 Å². The number of rotatable bonds is 6. The molecule has 2 fully saturated rings. The van der Waals surface area contributed by atoms with Gasteiger partial charge < -0.3 is 14.7 Å². The van der Waals surface area contributed by atoms with E-state index in [1.807, 2.05) is 40.1 Å². The zero-order chi connectivity index (χ0) is 29.1. The van der Waals surface area contributed by atoms with E-state index in [1.54, 1.807) is 12.1 Å². The summed E-state index contributed by atoms with van der Waals surface area (Å²) in [6.07, 6.45) is 4.41. The maximum absolute atomic E-state index is 13.7. The van der Waals surface area contributed by atoms with E-state index < -0.39 is 10.0 Å². The van der Waals surface area contributed by atoms with Gasteiger partial charge in [-0.1, -0.05) is 18.2 Å². The maximum atomic E-state index is 13.7. The molecule has 0 unspecified atom stereocenters. The average Bonchev–Trinajstić information content (AvgIpc) is 2.99. The Labute approximate surface area is 242 Å². The van der Waals surface area contributed by atoms with Crippen molar-refractivity contribution in [2.24, 2.45) is 11.1 Å². The van der Waals surface area contributed by atoms with Gasteiger partial charge >= 0.3 is 0 Å². The molecule has 3 aromatic rings. The van der Waals surface area contributed by atoms with Crippen molar-refractivity contribution in [2.75, 3.05) is 49.1 Å². The molecule has 5 rings (SSSR count). The number of carbonyl (C=O) groups is 1. The normalized spacial score (nSPS) is 16.5. The van der Waals surface area contributed by atoms with Crippen LogP contribution in [0.1, 0.15) is 45.5 Å². The number of hydrogen-bond acceptors (Lipinski definition) is 7. The lowest BCUT2D eigenvalue weighted by atomic mass is 9.85. The Bertz CT molecular complexity index is 1580. The Morgan fingerprint density at radius 1 is 0.951 bits per heavy atom. The molecule has 3 heterocycles. The molecular weight excluding hydrogens is 536 g/mol. The Morgan fingerprint density at radius 2 is 1.61 bits per heavy atom. The van der Waals surface area contributed by atoms with E-state index in [0.29, 0.717) is 37.8 Å². The predicted molar refractivity (Wildman–Crippen MR) is 159 cm³/mol. The van der Waals surface area contributed by atoms with Gasteiger partial charge in [0.1, 0.15) is 6.07 Å². The quantitative estimate of drug-likeness (QED) is 0.478. The molecule has 0 bridgehead atoms. The molecular formula is C31H36N6O3S. The number of carbonyl (C=O) groups excluding carboxylic acids is 1. The van der Waals surface area contributed by atoms with Gasteiger partial charge in [0.15, 0.2) is 5.03 Å². The molecule has 1 amide bonds. The van der Waals surface area contributed by atoms with Crippen molar-refractivity contribution in [1.29, 1.82) is 5.26 Å². The summed E-state index contributed by atoms with van der Waals surface area (Å²) in [4.78, 5) is 23.7. The Kier molecular flexibility index (Phi) is 8.29. The van der Waals surface area contributed by atoms with Gasteiger partial charge in [-0.2, -0.15) is 5.26 Å². The molecule has 214 valence electrons. The summed E-state index contributed by atoms with van der Waals surface area (Å²) in [5.41, 5.74) is 6.42. The van der Waals surface area contributed by atoms with Gasteiger partial charge in [-0.05, 0) is 86.1 Å². The number of anilines is 2. The summed E-state index contributed by atoms with van der Waals surface area (Å²) in [6.45, 7) is 7.92. The molecule has 9 nitrogen and oxygen atoms in total. The largest absolute Gasteiger partial charge is 0.370 e. The van der Waals surface area contributed by atoms with Gasteiger partial charge in [0.2, 0.25) is 0 Å². The van der Waals surface area contributed by atoms with Gasteiger partial charge in [0.25, 0.3) is 15.9 Å². The van der Waals surface area contributed by atoms with Crippen LogP contribution in [0, 0.1) is 31.1 Å². The van der Waals surface area contributed by atoms with Crippen molar-refractivity contribution in [3.05, 3.63) is 82.5 Å². The van der Waals surface area contributed by atoms with E-state index in [0.717, 1.165) is 54.7 Å². The van der Waals surface area contributed by atoms with Crippen molar-refractivity contribution in [3.8, 4) is 6.07 Å². The molecule has 41 heavy (non-hydrogen) atoms. The number of benzene rings is 2. The maximum Gasteiger partial charge on any atom is 0.257 e. The van der Waals surface area contributed by atoms with Crippen LogP contribution in [-0.2, 0) is 16.4 Å². The number of aromatic nitrogens is 1. The van der Waals surface area contributed by atoms with Crippen LogP contribution in [0.2, 0.25) is 0 Å². The van der Waals surface area contributed by atoms with Crippen molar-refractivity contribution < 1.29 is 13.2 Å². The smallest absolute Gasteiger partial charge is 0.257 e. The number of primary sulfonamides is 1. The van der Waals surface area contributed by atoms with Crippen molar-refractivity contribution in [1.82, 2.24) is 9.88 Å². The first-order valence-corrected chi connectivity index (χ1v) is 15.6. The molecule has 2 aromatic carbocycles. The van der Waals surface area contributed by atoms with Crippen molar-refractivity contribution >= 4 is 27.3 Å². The molecule has 0 atom stereocenters. The van der Waals surface area contributed by atoms with E-state index >= 15 is 0 Å². The second-order valence-electron chi connectivity index (χ2n) is 10.9. The van der Waals surface area contributed by atoms with Crippen LogP contribution in [0.5, 0.6) is 0 Å². The number of sulfonamides is 1. The molecule has 10 heteroatoms. The van der Waals surface area contributed by atoms with E-state index in [1.165, 1.54) is 17.3 Å². The number of pyridine rings is 1. The fourth-order valence-electron chi connectivity index (χ4n) is 6.11. The lowest BCUT2D eigenvalue weighted by molar-refractivity contribution is 0.0745. The summed E-state index contributed by atoms with van der Waals surface area (Å²) in [6, 6.07) is 17.5. The van der Waals surface area contributed by atoms with Gasteiger partial charge in [-0.3, -0.25) is 4.79 Å². The Balaban J connectivity index is 1.24. The minimum atomic E-state index is -3.95. The third-order valence-electron chi connectivity index (χ3n) is 8.46. The number of piperazine rings is 1. The van der Waals surface area contributed by atoms with Gasteiger partial charge in [-0.15, -0.1) is 0 Å². The summed E-state index contributed by atoms with van der Waals surface area (Å²) >= 11 is 0. The fourth-order valence-corrected chi connectivity index (χ4v) is 6.81. The van der Waals surface area contributed by atoms with Crippen LogP contribution in [-0.4, -0.2) is 63.5 Å². The summed E-state index contributed by atoms with van der Waals surface area (Å²) < 4.78 is 24.0. The summed E-state index contributed by atoms with van der Waals surface area (Å²) in [5.74, 6) is 0.517. The highest BCUT2D eigenvalue weighted by Crippen LogP contribution is 2.31. The van der Waals surface area contributed by atoms with Gasteiger partial charge in [-0.25, -0.2) is 18.5 Å². The van der Waals surface area contributed by atoms with Gasteiger partial charge in [0.05, 0.1) is 16.9 Å². The van der Waals surface area contributed by atoms with Crippen molar-refractivity contribution in [2.45, 2.75) is 38.1 Å². The summed E-state index contributed by atoms with van der Waals surface area (Å²) in [7, 11) is -3.95. The molecule has 0 spiro atoms. The van der Waals surface area contributed by atoms with Crippen LogP contribution in [0.3, 0.4) is 0 Å². The lowest BCUT2D eigenvalue weighted by Crippen LogP contribution is -2.49. The third-order valence-corrected chi connectivity index (χ3v) is 9.32. The number of aryl methyl sites for hydroxylation is 1. The highest BCUT2D eigenvalue weighted by atomic mass is 32.2. The second kappa shape index (κ2) is 11.9. The van der Waals surface area contributed by atoms with Crippen molar-refractivity contribution in [3.63, 3.8) is 0 Å². The molecule has 2 aliphatic rings. The third kappa shape index (κ3) is 6.06. The fraction of sp³-hybridized carbons (Fsp3) is 0.387. The van der Waals surface area contributed by atoms with E-state index in [4.69, 9.17) is 5.14 Å². The zero-order valence-corrected chi connectivity index (χ0v) is 24.4. The molecule has 1 aromatic heterocycles. The summed E-state index contributed by atoms with van der Waals surface area (Å²) in [5, 5.41) is 14.7. The molecule has 2 aliphatic heterocycles. The topological polar surface area (TPSA) is 124 Å². The average molecular weight is 573 g/mol.